The number of nitrogens with one attached hydrogen (secondary N) is 3. The van der Waals surface area contributed by atoms with E-state index in [1.165, 1.54) is 5.56 Å². The van der Waals surface area contributed by atoms with E-state index in [0.29, 0.717) is 22.3 Å². The molecule has 0 radical (unpaired) electrons. The topological polar surface area (TPSA) is 90.2 Å². The molecule has 0 saturated carbocycles. The second-order valence-corrected chi connectivity index (χ2v) is 7.44. The lowest BCUT2D eigenvalue weighted by molar-refractivity contribution is -0.0704. The van der Waals surface area contributed by atoms with Crippen molar-refractivity contribution >= 4 is 22.6 Å². The molecule has 2 aromatic carbocycles. The minimum atomic E-state index is -0.266. The maximum absolute atomic E-state index is 12.5. The van der Waals surface area contributed by atoms with E-state index in [0.717, 1.165) is 19.6 Å². The average molecular weight is 380 g/mol. The summed E-state index contributed by atoms with van der Waals surface area (Å²) in [6.45, 7) is 6.86. The van der Waals surface area contributed by atoms with Crippen molar-refractivity contribution in [1.82, 2.24) is 14.9 Å². The zero-order valence-electron chi connectivity index (χ0n) is 16.0. The van der Waals surface area contributed by atoms with Crippen LogP contribution in [0.25, 0.3) is 11.0 Å². The van der Waals surface area contributed by atoms with E-state index in [9.17, 15) is 9.59 Å². The van der Waals surface area contributed by atoms with Crippen molar-refractivity contribution in [3.05, 3.63) is 64.1 Å². The summed E-state index contributed by atoms with van der Waals surface area (Å²) in [5, 5.41) is 2.87. The SMILES string of the molecule is C[C@@H]1CN(Cc2ccc(C(=O)Nc3ccc4[nH]c(=O)[nH]c4c3)cc2)C[C@H](C)O1. The van der Waals surface area contributed by atoms with Crippen LogP contribution < -0.4 is 11.0 Å². The van der Waals surface area contributed by atoms with Gasteiger partial charge in [-0.05, 0) is 49.7 Å². The Morgan fingerprint density at radius 2 is 1.75 bits per heavy atom. The molecule has 1 amide bonds. The molecule has 7 heteroatoms. The third kappa shape index (κ3) is 4.16. The molecule has 1 aliphatic heterocycles. The number of hydrogen-bond acceptors (Lipinski definition) is 4. The van der Waals surface area contributed by atoms with Crippen molar-refractivity contribution in [3.8, 4) is 0 Å². The number of anilines is 1. The summed E-state index contributed by atoms with van der Waals surface area (Å²) in [6.07, 6.45) is 0.474. The molecule has 1 aliphatic rings. The van der Waals surface area contributed by atoms with Gasteiger partial charge in [0, 0.05) is 30.9 Å². The van der Waals surface area contributed by atoms with Crippen LogP contribution in [-0.2, 0) is 11.3 Å². The van der Waals surface area contributed by atoms with Gasteiger partial charge in [-0.25, -0.2) is 4.79 Å². The number of carbonyl (C=O) groups excluding carboxylic acids is 1. The lowest BCUT2D eigenvalue weighted by atomic mass is 10.1. The summed E-state index contributed by atoms with van der Waals surface area (Å²) >= 11 is 0. The predicted molar refractivity (Wildman–Crippen MR) is 109 cm³/mol. The molecule has 3 aromatic rings. The van der Waals surface area contributed by atoms with Crippen molar-refractivity contribution in [2.45, 2.75) is 32.6 Å². The minimum Gasteiger partial charge on any atom is -0.373 e. The minimum absolute atomic E-state index is 0.183. The van der Waals surface area contributed by atoms with Crippen molar-refractivity contribution < 1.29 is 9.53 Å². The van der Waals surface area contributed by atoms with Gasteiger partial charge in [-0.3, -0.25) is 9.69 Å². The van der Waals surface area contributed by atoms with Crippen molar-refractivity contribution in [1.29, 1.82) is 0 Å². The molecule has 3 N–H and O–H groups in total. The number of morpholine rings is 1. The number of carbonyl (C=O) groups is 1. The monoisotopic (exact) mass is 380 g/mol. The van der Waals surface area contributed by atoms with Gasteiger partial charge in [0.05, 0.1) is 23.2 Å². The van der Waals surface area contributed by atoms with Crippen LogP contribution in [0.15, 0.2) is 47.3 Å². The van der Waals surface area contributed by atoms with Gasteiger partial charge in [-0.2, -0.15) is 0 Å². The van der Waals surface area contributed by atoms with Gasteiger partial charge < -0.3 is 20.0 Å². The number of imidazole rings is 1. The van der Waals surface area contributed by atoms with Gasteiger partial charge in [0.15, 0.2) is 0 Å². The molecular formula is C21H24N4O3. The predicted octanol–water partition coefficient (Wildman–Crippen LogP) is 2.72. The first-order valence-electron chi connectivity index (χ1n) is 9.46. The number of ether oxygens (including phenoxy) is 1. The Balaban J connectivity index is 1.41. The first-order chi connectivity index (χ1) is 13.5. The van der Waals surface area contributed by atoms with Gasteiger partial charge in [0.25, 0.3) is 5.91 Å². The number of aromatic amines is 2. The third-order valence-corrected chi connectivity index (χ3v) is 4.89. The number of rotatable bonds is 4. The number of hydrogen-bond donors (Lipinski definition) is 3. The fourth-order valence-corrected chi connectivity index (χ4v) is 3.75. The lowest BCUT2D eigenvalue weighted by Gasteiger charge is -2.35. The van der Waals surface area contributed by atoms with Crippen molar-refractivity contribution in [2.24, 2.45) is 0 Å². The highest BCUT2D eigenvalue weighted by Gasteiger charge is 2.22. The van der Waals surface area contributed by atoms with Crippen molar-refractivity contribution in [2.75, 3.05) is 18.4 Å². The number of aromatic nitrogens is 2. The molecule has 1 aromatic heterocycles. The normalized spacial score (nSPS) is 20.4. The summed E-state index contributed by atoms with van der Waals surface area (Å²) in [6, 6.07) is 12.9. The lowest BCUT2D eigenvalue weighted by Crippen LogP contribution is -2.44. The number of nitrogens with zero attached hydrogens (tertiary/aromatic N) is 1. The molecule has 1 saturated heterocycles. The molecule has 1 fully saturated rings. The fraction of sp³-hybridized carbons (Fsp3) is 0.333. The number of amides is 1. The molecule has 2 atom stereocenters. The molecule has 28 heavy (non-hydrogen) atoms. The summed E-state index contributed by atoms with van der Waals surface area (Å²) in [5.41, 5.74) is 3.50. The molecule has 2 heterocycles. The number of H-pyrrole nitrogens is 2. The largest absolute Gasteiger partial charge is 0.373 e. The fourth-order valence-electron chi connectivity index (χ4n) is 3.75. The molecule has 0 bridgehead atoms. The number of fused-ring (bicyclic) bond motifs is 1. The molecule has 146 valence electrons. The van der Waals surface area contributed by atoms with E-state index < -0.39 is 0 Å². The van der Waals surface area contributed by atoms with Gasteiger partial charge in [-0.1, -0.05) is 12.1 Å². The van der Waals surface area contributed by atoms with Gasteiger partial charge in [-0.15, -0.1) is 0 Å². The summed E-state index contributed by atoms with van der Waals surface area (Å²) in [4.78, 5) is 31.6. The summed E-state index contributed by atoms with van der Waals surface area (Å²) in [7, 11) is 0. The highest BCUT2D eigenvalue weighted by atomic mass is 16.5. The summed E-state index contributed by atoms with van der Waals surface area (Å²) < 4.78 is 5.77. The Morgan fingerprint density at radius 1 is 1.07 bits per heavy atom. The molecule has 0 aliphatic carbocycles. The Bertz CT molecular complexity index is 1030. The highest BCUT2D eigenvalue weighted by molar-refractivity contribution is 6.04. The highest BCUT2D eigenvalue weighted by Crippen LogP contribution is 2.17. The molecule has 7 nitrogen and oxygen atoms in total. The molecular weight excluding hydrogens is 356 g/mol. The van der Waals surface area contributed by atoms with Crippen molar-refractivity contribution in [3.63, 3.8) is 0 Å². The van der Waals surface area contributed by atoms with E-state index in [-0.39, 0.29) is 23.8 Å². The van der Waals surface area contributed by atoms with Crippen LogP contribution in [0.5, 0.6) is 0 Å². The van der Waals surface area contributed by atoms with Crippen LogP contribution in [0.2, 0.25) is 0 Å². The smallest absolute Gasteiger partial charge is 0.323 e. The van der Waals surface area contributed by atoms with E-state index >= 15 is 0 Å². The molecule has 4 rings (SSSR count). The third-order valence-electron chi connectivity index (χ3n) is 4.89. The van der Waals surface area contributed by atoms with Crippen LogP contribution in [0.3, 0.4) is 0 Å². The van der Waals surface area contributed by atoms with Gasteiger partial charge >= 0.3 is 5.69 Å². The van der Waals surface area contributed by atoms with Crippen LogP contribution in [-0.4, -0.2) is 46.1 Å². The van der Waals surface area contributed by atoms with Crippen LogP contribution >= 0.6 is 0 Å². The van der Waals surface area contributed by atoms with E-state index in [2.05, 4.69) is 34.0 Å². The second-order valence-electron chi connectivity index (χ2n) is 7.44. The Morgan fingerprint density at radius 3 is 2.46 bits per heavy atom. The van der Waals surface area contributed by atoms with E-state index in [1.807, 2.05) is 24.3 Å². The Kier molecular flexibility index (Phi) is 5.02. The zero-order valence-corrected chi connectivity index (χ0v) is 16.0. The van der Waals surface area contributed by atoms with E-state index in [4.69, 9.17) is 4.74 Å². The average Bonchev–Trinajstić information content (AvgIpc) is 3.00. The van der Waals surface area contributed by atoms with Gasteiger partial charge in [0.2, 0.25) is 0 Å². The Labute approximate surface area is 162 Å². The summed E-state index contributed by atoms with van der Waals surface area (Å²) in [5.74, 6) is -0.183. The number of benzene rings is 2. The van der Waals surface area contributed by atoms with Crippen LogP contribution in [0.4, 0.5) is 5.69 Å². The molecule has 0 spiro atoms. The first-order valence-corrected chi connectivity index (χ1v) is 9.46. The maximum Gasteiger partial charge on any atom is 0.323 e. The van der Waals surface area contributed by atoms with Crippen LogP contribution in [0.1, 0.15) is 29.8 Å². The standard InChI is InChI=1S/C21H24N4O3/c1-13-10-25(11-14(2)28-13)12-15-3-5-16(6-4-15)20(26)22-17-7-8-18-19(9-17)24-21(27)23-18/h3-9,13-14H,10-12H2,1-2H3,(H,22,26)(H2,23,24,27)/t13-,14+. The second kappa shape index (κ2) is 7.61. The first kappa shape index (κ1) is 18.5. The van der Waals surface area contributed by atoms with Gasteiger partial charge in [0.1, 0.15) is 0 Å². The maximum atomic E-state index is 12.5. The molecule has 0 unspecified atom stereocenters. The Hall–Kier alpha value is -2.90. The van der Waals surface area contributed by atoms with E-state index in [1.54, 1.807) is 18.2 Å². The van der Waals surface area contributed by atoms with Crippen LogP contribution in [0, 0.1) is 0 Å². The zero-order chi connectivity index (χ0) is 19.7. The quantitative estimate of drug-likeness (QED) is 0.649.